The molecule has 0 aliphatic heterocycles. The van der Waals surface area contributed by atoms with Gasteiger partial charge < -0.3 is 10.1 Å². The fraction of sp³-hybridized carbons (Fsp3) is 0.267. The molecule has 1 unspecified atom stereocenters. The maximum atomic E-state index is 12.0. The van der Waals surface area contributed by atoms with Crippen LogP contribution < -0.4 is 10.1 Å². The smallest absolute Gasteiger partial charge is 0.262 e. The summed E-state index contributed by atoms with van der Waals surface area (Å²) in [5.74, 6) is 0.737. The van der Waals surface area contributed by atoms with Crippen LogP contribution in [0.1, 0.15) is 22.2 Å². The molecule has 3 nitrogen and oxygen atoms in total. The van der Waals surface area contributed by atoms with Gasteiger partial charge in [-0.05, 0) is 53.4 Å². The van der Waals surface area contributed by atoms with Gasteiger partial charge in [0, 0.05) is 4.47 Å². The summed E-state index contributed by atoms with van der Waals surface area (Å²) in [5.41, 5.74) is 1.20. The first-order valence-electron chi connectivity index (χ1n) is 6.29. The van der Waals surface area contributed by atoms with Gasteiger partial charge in [0.25, 0.3) is 5.91 Å². The second-order valence-corrected chi connectivity index (χ2v) is 6.37. The van der Waals surface area contributed by atoms with Crippen LogP contribution in [-0.2, 0) is 0 Å². The lowest BCUT2D eigenvalue weighted by atomic mass is 10.2. The topological polar surface area (TPSA) is 38.3 Å². The molecule has 2 rings (SSSR count). The first kappa shape index (κ1) is 15.1. The molecule has 0 aliphatic rings. The van der Waals surface area contributed by atoms with Gasteiger partial charge in [0.15, 0.2) is 0 Å². The highest BCUT2D eigenvalue weighted by Crippen LogP contribution is 2.22. The van der Waals surface area contributed by atoms with Gasteiger partial charge in [-0.15, -0.1) is 11.3 Å². The number of amides is 1. The van der Waals surface area contributed by atoms with Gasteiger partial charge in [0.2, 0.25) is 0 Å². The summed E-state index contributed by atoms with van der Waals surface area (Å²) < 4.78 is 6.47. The summed E-state index contributed by atoms with van der Waals surface area (Å²) in [7, 11) is 0. The van der Waals surface area contributed by atoms with E-state index in [-0.39, 0.29) is 11.9 Å². The Morgan fingerprint density at radius 3 is 2.65 bits per heavy atom. The van der Waals surface area contributed by atoms with E-state index in [1.165, 1.54) is 16.9 Å². The fourth-order valence-electron chi connectivity index (χ4n) is 1.64. The summed E-state index contributed by atoms with van der Waals surface area (Å²) >= 11 is 4.77. The van der Waals surface area contributed by atoms with Gasteiger partial charge in [0.1, 0.15) is 17.2 Å². The lowest BCUT2D eigenvalue weighted by molar-refractivity contribution is 0.0930. The molecule has 1 amide bonds. The van der Waals surface area contributed by atoms with Gasteiger partial charge >= 0.3 is 0 Å². The number of hydrogen-bond acceptors (Lipinski definition) is 3. The molecular formula is C15H16BrNO2S. The molecule has 0 saturated carbocycles. The van der Waals surface area contributed by atoms with Crippen molar-refractivity contribution in [1.29, 1.82) is 0 Å². The largest absolute Gasteiger partial charge is 0.491 e. The molecule has 0 saturated heterocycles. The number of thiophene rings is 1. The number of aryl methyl sites for hydroxylation is 1. The van der Waals surface area contributed by atoms with E-state index in [2.05, 4.69) is 21.2 Å². The SMILES string of the molecule is Cc1ccc(OCC(C)NC(=O)c2sccc2Br)cc1. The zero-order valence-corrected chi connectivity index (χ0v) is 13.8. The van der Waals surface area contributed by atoms with Crippen LogP contribution in [0.3, 0.4) is 0 Å². The minimum Gasteiger partial charge on any atom is -0.491 e. The second-order valence-electron chi connectivity index (χ2n) is 4.60. The predicted molar refractivity (Wildman–Crippen MR) is 85.6 cm³/mol. The minimum atomic E-state index is -0.0770. The quantitative estimate of drug-likeness (QED) is 0.881. The number of nitrogens with one attached hydrogen (secondary N) is 1. The van der Waals surface area contributed by atoms with E-state index in [1.54, 1.807) is 0 Å². The molecule has 1 heterocycles. The Bertz CT molecular complexity index is 580. The third-order valence-corrected chi connectivity index (χ3v) is 4.56. The predicted octanol–water partition coefficient (Wildman–Crippen LogP) is 4.02. The van der Waals surface area contributed by atoms with Crippen molar-refractivity contribution >= 4 is 33.2 Å². The van der Waals surface area contributed by atoms with E-state index < -0.39 is 0 Å². The number of benzene rings is 1. The van der Waals surface area contributed by atoms with Crippen LogP contribution in [0.2, 0.25) is 0 Å². The molecule has 0 fully saturated rings. The average Bonchev–Trinajstić information content (AvgIpc) is 2.84. The summed E-state index contributed by atoms with van der Waals surface area (Å²) in [6.07, 6.45) is 0. The van der Waals surface area contributed by atoms with Gasteiger partial charge in [-0.2, -0.15) is 0 Å². The Morgan fingerprint density at radius 2 is 2.05 bits per heavy atom. The lowest BCUT2D eigenvalue weighted by Gasteiger charge is -2.14. The number of hydrogen-bond donors (Lipinski definition) is 1. The Morgan fingerprint density at radius 1 is 1.35 bits per heavy atom. The molecule has 0 radical (unpaired) electrons. The van der Waals surface area contributed by atoms with Crippen LogP contribution in [0.5, 0.6) is 5.75 Å². The molecule has 2 aromatic rings. The van der Waals surface area contributed by atoms with E-state index in [9.17, 15) is 4.79 Å². The molecule has 106 valence electrons. The van der Waals surface area contributed by atoms with Crippen LogP contribution in [-0.4, -0.2) is 18.6 Å². The molecule has 1 aromatic carbocycles. The Labute approximate surface area is 131 Å². The summed E-state index contributed by atoms with van der Waals surface area (Å²) in [6.45, 7) is 4.40. The van der Waals surface area contributed by atoms with Gasteiger partial charge in [-0.1, -0.05) is 17.7 Å². The number of halogens is 1. The number of ether oxygens (including phenoxy) is 1. The first-order valence-corrected chi connectivity index (χ1v) is 7.97. The molecular weight excluding hydrogens is 338 g/mol. The van der Waals surface area contributed by atoms with Crippen LogP contribution in [0.25, 0.3) is 0 Å². The van der Waals surface area contributed by atoms with Gasteiger partial charge in [-0.3, -0.25) is 4.79 Å². The maximum Gasteiger partial charge on any atom is 0.262 e. The van der Waals surface area contributed by atoms with Crippen molar-refractivity contribution in [1.82, 2.24) is 5.32 Å². The fourth-order valence-corrected chi connectivity index (χ4v) is 3.10. The third kappa shape index (κ3) is 4.08. The van der Waals surface area contributed by atoms with Crippen molar-refractivity contribution in [3.05, 3.63) is 50.6 Å². The highest BCUT2D eigenvalue weighted by molar-refractivity contribution is 9.10. The highest BCUT2D eigenvalue weighted by atomic mass is 79.9. The molecule has 0 spiro atoms. The maximum absolute atomic E-state index is 12.0. The Balaban J connectivity index is 1.83. The van der Waals surface area contributed by atoms with Crippen molar-refractivity contribution in [2.24, 2.45) is 0 Å². The van der Waals surface area contributed by atoms with E-state index in [0.717, 1.165) is 10.2 Å². The average molecular weight is 354 g/mol. The lowest BCUT2D eigenvalue weighted by Crippen LogP contribution is -2.36. The van der Waals surface area contributed by atoms with Crippen molar-refractivity contribution in [2.45, 2.75) is 19.9 Å². The molecule has 1 atom stereocenters. The van der Waals surface area contributed by atoms with E-state index >= 15 is 0 Å². The van der Waals surface area contributed by atoms with Crippen LogP contribution in [0, 0.1) is 6.92 Å². The first-order chi connectivity index (χ1) is 9.56. The summed E-state index contributed by atoms with van der Waals surface area (Å²) in [4.78, 5) is 12.7. The number of carbonyl (C=O) groups excluding carboxylic acids is 1. The molecule has 1 aromatic heterocycles. The summed E-state index contributed by atoms with van der Waals surface area (Å²) in [5, 5.41) is 4.80. The zero-order valence-electron chi connectivity index (χ0n) is 11.4. The number of rotatable bonds is 5. The normalized spacial score (nSPS) is 11.9. The van der Waals surface area contributed by atoms with E-state index in [4.69, 9.17) is 4.74 Å². The molecule has 0 bridgehead atoms. The van der Waals surface area contributed by atoms with Gasteiger partial charge in [0.05, 0.1) is 6.04 Å². The van der Waals surface area contributed by atoms with E-state index in [1.807, 2.05) is 49.6 Å². The van der Waals surface area contributed by atoms with Crippen molar-refractivity contribution < 1.29 is 9.53 Å². The van der Waals surface area contributed by atoms with Crippen LogP contribution >= 0.6 is 27.3 Å². The zero-order chi connectivity index (χ0) is 14.5. The van der Waals surface area contributed by atoms with Crippen molar-refractivity contribution in [3.63, 3.8) is 0 Å². The molecule has 1 N–H and O–H groups in total. The second kappa shape index (κ2) is 6.90. The Kier molecular flexibility index (Phi) is 5.20. The van der Waals surface area contributed by atoms with Gasteiger partial charge in [-0.25, -0.2) is 0 Å². The monoisotopic (exact) mass is 353 g/mol. The van der Waals surface area contributed by atoms with E-state index in [0.29, 0.717) is 11.5 Å². The van der Waals surface area contributed by atoms with Crippen LogP contribution in [0.4, 0.5) is 0 Å². The van der Waals surface area contributed by atoms with Crippen molar-refractivity contribution in [2.75, 3.05) is 6.61 Å². The minimum absolute atomic E-state index is 0.0576. The summed E-state index contributed by atoms with van der Waals surface area (Å²) in [6, 6.07) is 9.67. The Hall–Kier alpha value is -1.33. The van der Waals surface area contributed by atoms with Crippen molar-refractivity contribution in [3.8, 4) is 5.75 Å². The molecule has 20 heavy (non-hydrogen) atoms. The molecule has 0 aliphatic carbocycles. The third-order valence-electron chi connectivity index (χ3n) is 2.72. The van der Waals surface area contributed by atoms with Crippen LogP contribution in [0.15, 0.2) is 40.2 Å². The molecule has 5 heteroatoms. The number of carbonyl (C=O) groups is 1. The highest BCUT2D eigenvalue weighted by Gasteiger charge is 2.14. The standard InChI is InChI=1S/C15H16BrNO2S/c1-10-3-5-12(6-4-10)19-9-11(2)17-15(18)14-13(16)7-8-20-14/h3-8,11H,9H2,1-2H3,(H,17,18).